The van der Waals surface area contributed by atoms with Crippen molar-refractivity contribution in [1.82, 2.24) is 10.2 Å². The molecular formula is C16H31ClN2OS. The fourth-order valence-electron chi connectivity index (χ4n) is 3.13. The summed E-state index contributed by atoms with van der Waals surface area (Å²) < 4.78 is 0. The second-order valence-corrected chi connectivity index (χ2v) is 7.88. The molecule has 0 aromatic rings. The molecule has 0 aromatic heterocycles. The van der Waals surface area contributed by atoms with Gasteiger partial charge in [-0.1, -0.05) is 26.7 Å². The third-order valence-corrected chi connectivity index (χ3v) is 5.67. The Hall–Kier alpha value is 0.0700. The fourth-order valence-corrected chi connectivity index (χ4v) is 4.08. The average Bonchev–Trinajstić information content (AvgIpc) is 2.46. The zero-order valence-corrected chi connectivity index (χ0v) is 15.1. The monoisotopic (exact) mass is 334 g/mol. The number of likely N-dealkylation sites (tertiary alicyclic amines) is 1. The molecule has 21 heavy (non-hydrogen) atoms. The molecule has 0 saturated carbocycles. The van der Waals surface area contributed by atoms with Crippen LogP contribution in [0.15, 0.2) is 0 Å². The predicted molar refractivity (Wildman–Crippen MR) is 94.4 cm³/mol. The van der Waals surface area contributed by atoms with Gasteiger partial charge in [0.25, 0.3) is 0 Å². The third kappa shape index (κ3) is 6.79. The number of rotatable bonds is 5. The molecule has 2 heterocycles. The summed E-state index contributed by atoms with van der Waals surface area (Å²) in [5.74, 6) is 4.31. The number of halogens is 1. The molecule has 0 spiro atoms. The van der Waals surface area contributed by atoms with Crippen LogP contribution in [0.4, 0.5) is 0 Å². The van der Waals surface area contributed by atoms with Crippen LogP contribution in [0.3, 0.4) is 0 Å². The van der Waals surface area contributed by atoms with Crippen molar-refractivity contribution in [3.05, 3.63) is 0 Å². The molecule has 2 aliphatic rings. The number of carbonyl (C=O) groups is 1. The van der Waals surface area contributed by atoms with E-state index in [9.17, 15) is 4.79 Å². The molecule has 0 bridgehead atoms. The van der Waals surface area contributed by atoms with Gasteiger partial charge in [0.1, 0.15) is 0 Å². The highest BCUT2D eigenvalue weighted by Gasteiger charge is 2.25. The van der Waals surface area contributed by atoms with Gasteiger partial charge in [0.2, 0.25) is 5.91 Å². The number of piperidine rings is 1. The Morgan fingerprint density at radius 2 is 2.05 bits per heavy atom. The maximum Gasteiger partial charge on any atom is 0.224 e. The van der Waals surface area contributed by atoms with Crippen LogP contribution in [0.2, 0.25) is 0 Å². The standard InChI is InChI=1S/C16H30N2OS.ClH/c1-13(2)3-4-14-5-8-18(9-6-14)16(19)11-15-12-20-10-7-17-15;/h13-15,17H,3-12H2,1-2H3;1H. The van der Waals surface area contributed by atoms with Gasteiger partial charge in [-0.3, -0.25) is 4.79 Å². The van der Waals surface area contributed by atoms with Gasteiger partial charge in [-0.25, -0.2) is 0 Å². The lowest BCUT2D eigenvalue weighted by atomic mass is 9.89. The predicted octanol–water partition coefficient (Wildman–Crippen LogP) is 3.18. The lowest BCUT2D eigenvalue weighted by Crippen LogP contribution is -2.44. The second kappa shape index (κ2) is 9.96. The van der Waals surface area contributed by atoms with Crippen molar-refractivity contribution >= 4 is 30.1 Å². The first kappa shape index (κ1) is 19.1. The van der Waals surface area contributed by atoms with Gasteiger partial charge in [-0.15, -0.1) is 12.4 Å². The molecule has 1 amide bonds. The average molecular weight is 335 g/mol. The topological polar surface area (TPSA) is 32.3 Å². The smallest absolute Gasteiger partial charge is 0.224 e. The van der Waals surface area contributed by atoms with Crippen LogP contribution in [-0.2, 0) is 4.79 Å². The van der Waals surface area contributed by atoms with Crippen molar-refractivity contribution in [1.29, 1.82) is 0 Å². The van der Waals surface area contributed by atoms with Crippen molar-refractivity contribution < 1.29 is 4.79 Å². The van der Waals surface area contributed by atoms with E-state index in [2.05, 4.69) is 24.1 Å². The first-order valence-corrected chi connectivity index (χ1v) is 9.39. The molecule has 0 aromatic carbocycles. The molecule has 5 heteroatoms. The highest BCUT2D eigenvalue weighted by atomic mass is 35.5. The lowest BCUT2D eigenvalue weighted by Gasteiger charge is -2.34. The maximum absolute atomic E-state index is 12.3. The molecule has 1 atom stereocenters. The zero-order valence-electron chi connectivity index (χ0n) is 13.5. The molecule has 3 nitrogen and oxygen atoms in total. The van der Waals surface area contributed by atoms with Crippen molar-refractivity contribution in [3.63, 3.8) is 0 Å². The van der Waals surface area contributed by atoms with Crippen molar-refractivity contribution in [3.8, 4) is 0 Å². The fraction of sp³-hybridized carbons (Fsp3) is 0.938. The Morgan fingerprint density at radius 3 is 2.62 bits per heavy atom. The lowest BCUT2D eigenvalue weighted by molar-refractivity contribution is -0.133. The van der Waals surface area contributed by atoms with E-state index < -0.39 is 0 Å². The van der Waals surface area contributed by atoms with Gasteiger partial charge in [0.15, 0.2) is 0 Å². The minimum absolute atomic E-state index is 0. The van der Waals surface area contributed by atoms with Crippen LogP contribution in [0.5, 0.6) is 0 Å². The van der Waals surface area contributed by atoms with Crippen molar-refractivity contribution in [2.75, 3.05) is 31.1 Å². The summed E-state index contributed by atoms with van der Waals surface area (Å²) in [6.45, 7) is 7.63. The van der Waals surface area contributed by atoms with E-state index in [-0.39, 0.29) is 12.4 Å². The normalized spacial score (nSPS) is 24.0. The van der Waals surface area contributed by atoms with E-state index in [4.69, 9.17) is 0 Å². The zero-order chi connectivity index (χ0) is 14.4. The van der Waals surface area contributed by atoms with Gasteiger partial charge in [-0.2, -0.15) is 11.8 Å². The first-order valence-electron chi connectivity index (χ1n) is 8.24. The van der Waals surface area contributed by atoms with E-state index >= 15 is 0 Å². The molecule has 124 valence electrons. The van der Waals surface area contributed by atoms with Crippen molar-refractivity contribution in [2.24, 2.45) is 11.8 Å². The first-order chi connectivity index (χ1) is 9.65. The summed E-state index contributed by atoms with van der Waals surface area (Å²) in [7, 11) is 0. The summed E-state index contributed by atoms with van der Waals surface area (Å²) in [5, 5.41) is 3.46. The van der Waals surface area contributed by atoms with Crippen LogP contribution >= 0.6 is 24.2 Å². The molecule has 2 aliphatic heterocycles. The number of thioether (sulfide) groups is 1. The van der Waals surface area contributed by atoms with E-state index in [1.807, 2.05) is 11.8 Å². The van der Waals surface area contributed by atoms with Gasteiger partial charge in [0.05, 0.1) is 0 Å². The molecular weight excluding hydrogens is 304 g/mol. The van der Waals surface area contributed by atoms with Crippen LogP contribution in [0.25, 0.3) is 0 Å². The number of amides is 1. The third-order valence-electron chi connectivity index (χ3n) is 4.54. The Balaban J connectivity index is 0.00000220. The minimum atomic E-state index is 0. The Morgan fingerprint density at radius 1 is 1.33 bits per heavy atom. The molecule has 2 fully saturated rings. The quantitative estimate of drug-likeness (QED) is 0.838. The van der Waals surface area contributed by atoms with E-state index in [1.54, 1.807) is 0 Å². The largest absolute Gasteiger partial charge is 0.343 e. The van der Waals surface area contributed by atoms with E-state index in [0.29, 0.717) is 18.4 Å². The Bertz CT molecular complexity index is 301. The summed E-state index contributed by atoms with van der Waals surface area (Å²) in [4.78, 5) is 14.4. The molecule has 2 saturated heterocycles. The van der Waals surface area contributed by atoms with E-state index in [0.717, 1.165) is 37.2 Å². The van der Waals surface area contributed by atoms with Crippen LogP contribution in [0, 0.1) is 11.8 Å². The molecule has 1 unspecified atom stereocenters. The van der Waals surface area contributed by atoms with Gasteiger partial charge in [-0.05, 0) is 24.7 Å². The number of hydrogen-bond acceptors (Lipinski definition) is 3. The van der Waals surface area contributed by atoms with Crippen LogP contribution < -0.4 is 5.32 Å². The number of nitrogens with zero attached hydrogens (tertiary/aromatic N) is 1. The van der Waals surface area contributed by atoms with Gasteiger partial charge < -0.3 is 10.2 Å². The molecule has 0 aliphatic carbocycles. The maximum atomic E-state index is 12.3. The highest BCUT2D eigenvalue weighted by Crippen LogP contribution is 2.24. The SMILES string of the molecule is CC(C)CCC1CCN(C(=O)CC2CSCCN2)CC1.Cl. The Labute approximate surface area is 140 Å². The van der Waals surface area contributed by atoms with Gasteiger partial charge in [0, 0.05) is 43.6 Å². The van der Waals surface area contributed by atoms with Crippen LogP contribution in [-0.4, -0.2) is 48.0 Å². The summed E-state index contributed by atoms with van der Waals surface area (Å²) in [5.41, 5.74) is 0. The second-order valence-electron chi connectivity index (χ2n) is 6.73. The van der Waals surface area contributed by atoms with E-state index in [1.165, 1.54) is 31.4 Å². The highest BCUT2D eigenvalue weighted by molar-refractivity contribution is 7.99. The van der Waals surface area contributed by atoms with Crippen molar-refractivity contribution in [2.45, 2.75) is 52.0 Å². The Kier molecular flexibility index (Phi) is 9.07. The number of hydrogen-bond donors (Lipinski definition) is 1. The van der Waals surface area contributed by atoms with Crippen LogP contribution in [0.1, 0.15) is 46.0 Å². The molecule has 0 radical (unpaired) electrons. The summed E-state index contributed by atoms with van der Waals surface area (Å²) in [6.07, 6.45) is 5.81. The molecule has 1 N–H and O–H groups in total. The minimum Gasteiger partial charge on any atom is -0.343 e. The number of nitrogens with one attached hydrogen (secondary N) is 1. The number of carbonyl (C=O) groups excluding carboxylic acids is 1. The summed E-state index contributed by atoms with van der Waals surface area (Å²) in [6, 6.07) is 0.403. The van der Waals surface area contributed by atoms with Gasteiger partial charge >= 0.3 is 0 Å². The summed E-state index contributed by atoms with van der Waals surface area (Å²) >= 11 is 1.97. The molecule has 2 rings (SSSR count).